The molecule has 1 rings (SSSR count). The summed E-state index contributed by atoms with van der Waals surface area (Å²) in [6.45, 7) is 4.54. The molecule has 0 radical (unpaired) electrons. The summed E-state index contributed by atoms with van der Waals surface area (Å²) in [4.78, 5) is 0. The Bertz CT molecular complexity index is 275. The summed E-state index contributed by atoms with van der Waals surface area (Å²) in [6, 6.07) is 0. The Labute approximate surface area is 166 Å². The fraction of sp³-hybridized carbons (Fsp3) is 1.00. The summed E-state index contributed by atoms with van der Waals surface area (Å²) in [7, 11) is 0. The van der Waals surface area contributed by atoms with Crippen LogP contribution >= 0.6 is 0 Å². The van der Waals surface area contributed by atoms with E-state index in [9.17, 15) is 0 Å². The van der Waals surface area contributed by atoms with Crippen LogP contribution in [0.25, 0.3) is 0 Å². The number of unbranched alkanes of at least 4 members (excludes halogenated alkanes) is 18. The van der Waals surface area contributed by atoms with Gasteiger partial charge in [-0.15, -0.1) is 0 Å². The molecule has 1 heterocycles. The monoisotopic (exact) mass is 366 g/mol. The maximum Gasteiger partial charge on any atom is 0.0841 e. The standard InChI is InChI=1S/C25H50O/c1-3-5-6-7-8-9-10-11-12-13-14-15-16-17-18-19-20-21-22-23-25-24(4-2)26-25/h24-25H,3-23H2,1-2H3. The maximum atomic E-state index is 5.60. The molecule has 1 fully saturated rings. The van der Waals surface area contributed by atoms with Gasteiger partial charge in [-0.2, -0.15) is 0 Å². The molecule has 0 bridgehead atoms. The summed E-state index contributed by atoms with van der Waals surface area (Å²) < 4.78 is 5.60. The van der Waals surface area contributed by atoms with Crippen molar-refractivity contribution >= 4 is 0 Å². The van der Waals surface area contributed by atoms with Crippen molar-refractivity contribution in [3.05, 3.63) is 0 Å². The van der Waals surface area contributed by atoms with E-state index in [0.29, 0.717) is 12.2 Å². The van der Waals surface area contributed by atoms with E-state index in [0.717, 1.165) is 0 Å². The zero-order valence-corrected chi connectivity index (χ0v) is 18.4. The zero-order valence-electron chi connectivity index (χ0n) is 18.4. The number of rotatable bonds is 21. The summed E-state index contributed by atoms with van der Waals surface area (Å²) in [5.41, 5.74) is 0. The Morgan fingerprint density at radius 3 is 1.08 bits per heavy atom. The van der Waals surface area contributed by atoms with Crippen molar-refractivity contribution in [3.8, 4) is 0 Å². The Hall–Kier alpha value is -0.0400. The van der Waals surface area contributed by atoms with Gasteiger partial charge in [0.15, 0.2) is 0 Å². The van der Waals surface area contributed by atoms with Crippen LogP contribution in [0.5, 0.6) is 0 Å². The van der Waals surface area contributed by atoms with Crippen molar-refractivity contribution in [1.29, 1.82) is 0 Å². The highest BCUT2D eigenvalue weighted by Gasteiger charge is 2.35. The molecule has 0 aromatic rings. The van der Waals surface area contributed by atoms with E-state index >= 15 is 0 Å². The second kappa shape index (κ2) is 18.3. The molecule has 1 saturated heterocycles. The molecular weight excluding hydrogens is 316 g/mol. The van der Waals surface area contributed by atoms with Crippen molar-refractivity contribution in [2.24, 2.45) is 0 Å². The fourth-order valence-electron chi connectivity index (χ4n) is 4.22. The zero-order chi connectivity index (χ0) is 18.7. The van der Waals surface area contributed by atoms with E-state index in [1.54, 1.807) is 0 Å². The Morgan fingerprint density at radius 2 is 0.769 bits per heavy atom. The minimum Gasteiger partial charge on any atom is -0.370 e. The van der Waals surface area contributed by atoms with Crippen molar-refractivity contribution in [2.75, 3.05) is 0 Å². The molecule has 156 valence electrons. The van der Waals surface area contributed by atoms with Gasteiger partial charge in [0.05, 0.1) is 12.2 Å². The summed E-state index contributed by atoms with van der Waals surface area (Å²) >= 11 is 0. The minimum atomic E-state index is 0.616. The van der Waals surface area contributed by atoms with Crippen LogP contribution < -0.4 is 0 Å². The predicted octanol–water partition coefficient (Wildman–Crippen LogP) is 8.99. The molecule has 1 aliphatic rings. The molecule has 0 aromatic heterocycles. The normalized spacial score (nSPS) is 19.2. The molecule has 0 amide bonds. The molecule has 0 aliphatic carbocycles. The Morgan fingerprint density at radius 1 is 0.423 bits per heavy atom. The van der Waals surface area contributed by atoms with Gasteiger partial charge in [0.1, 0.15) is 0 Å². The van der Waals surface area contributed by atoms with E-state index in [1.807, 2.05) is 0 Å². The van der Waals surface area contributed by atoms with Crippen LogP contribution in [0.3, 0.4) is 0 Å². The van der Waals surface area contributed by atoms with Crippen LogP contribution in [-0.2, 0) is 4.74 Å². The number of epoxide rings is 1. The van der Waals surface area contributed by atoms with Gasteiger partial charge in [-0.3, -0.25) is 0 Å². The Balaban J connectivity index is 1.61. The van der Waals surface area contributed by atoms with Crippen molar-refractivity contribution in [3.63, 3.8) is 0 Å². The average Bonchev–Trinajstić information content (AvgIpc) is 3.42. The molecule has 2 unspecified atom stereocenters. The first-order valence-electron chi connectivity index (χ1n) is 12.5. The van der Waals surface area contributed by atoms with Gasteiger partial charge in [-0.25, -0.2) is 0 Å². The largest absolute Gasteiger partial charge is 0.370 e. The van der Waals surface area contributed by atoms with Gasteiger partial charge in [0, 0.05) is 0 Å². The first-order valence-corrected chi connectivity index (χ1v) is 12.5. The van der Waals surface area contributed by atoms with Gasteiger partial charge in [0.2, 0.25) is 0 Å². The van der Waals surface area contributed by atoms with Crippen molar-refractivity contribution in [1.82, 2.24) is 0 Å². The van der Waals surface area contributed by atoms with Gasteiger partial charge in [-0.1, -0.05) is 136 Å². The van der Waals surface area contributed by atoms with Crippen LogP contribution in [-0.4, -0.2) is 12.2 Å². The Kier molecular flexibility index (Phi) is 16.9. The minimum absolute atomic E-state index is 0.616. The predicted molar refractivity (Wildman–Crippen MR) is 117 cm³/mol. The lowest BCUT2D eigenvalue weighted by molar-refractivity contribution is 0.355. The maximum absolute atomic E-state index is 5.60. The lowest BCUT2D eigenvalue weighted by Gasteiger charge is -2.04. The SMILES string of the molecule is CCCCCCCCCCCCCCCCCCCCCC1OC1CC. The highest BCUT2D eigenvalue weighted by molar-refractivity contribution is 4.82. The van der Waals surface area contributed by atoms with Crippen LogP contribution in [0.4, 0.5) is 0 Å². The molecule has 0 aromatic carbocycles. The highest BCUT2D eigenvalue weighted by Crippen LogP contribution is 2.29. The highest BCUT2D eigenvalue weighted by atomic mass is 16.6. The molecule has 1 aliphatic heterocycles. The fourth-order valence-corrected chi connectivity index (χ4v) is 4.22. The molecule has 2 atom stereocenters. The number of ether oxygens (including phenoxy) is 1. The van der Waals surface area contributed by atoms with Crippen LogP contribution in [0.2, 0.25) is 0 Å². The van der Waals surface area contributed by atoms with Crippen LogP contribution in [0, 0.1) is 0 Å². The molecule has 26 heavy (non-hydrogen) atoms. The average molecular weight is 367 g/mol. The molecular formula is C25H50O. The van der Waals surface area contributed by atoms with Crippen molar-refractivity contribution < 1.29 is 4.74 Å². The van der Waals surface area contributed by atoms with E-state index in [1.165, 1.54) is 135 Å². The van der Waals surface area contributed by atoms with Crippen LogP contribution in [0.1, 0.15) is 149 Å². The van der Waals surface area contributed by atoms with E-state index in [4.69, 9.17) is 4.74 Å². The third-order valence-corrected chi connectivity index (χ3v) is 6.18. The van der Waals surface area contributed by atoms with E-state index < -0.39 is 0 Å². The van der Waals surface area contributed by atoms with Crippen LogP contribution in [0.15, 0.2) is 0 Å². The molecule has 0 saturated carbocycles. The summed E-state index contributed by atoms with van der Waals surface area (Å²) in [5.74, 6) is 0. The van der Waals surface area contributed by atoms with Gasteiger partial charge < -0.3 is 4.74 Å². The first-order chi connectivity index (χ1) is 12.9. The second-order valence-electron chi connectivity index (χ2n) is 8.77. The quantitative estimate of drug-likeness (QED) is 0.146. The molecule has 0 N–H and O–H groups in total. The topological polar surface area (TPSA) is 12.5 Å². The second-order valence-corrected chi connectivity index (χ2v) is 8.77. The van der Waals surface area contributed by atoms with Gasteiger partial charge in [0.25, 0.3) is 0 Å². The van der Waals surface area contributed by atoms with Gasteiger partial charge in [-0.05, 0) is 12.8 Å². The van der Waals surface area contributed by atoms with E-state index in [-0.39, 0.29) is 0 Å². The lowest BCUT2D eigenvalue weighted by Crippen LogP contribution is -1.92. The number of hydrogen-bond donors (Lipinski definition) is 0. The molecule has 1 nitrogen and oxygen atoms in total. The summed E-state index contributed by atoms with van der Waals surface area (Å²) in [6.07, 6.45) is 31.5. The van der Waals surface area contributed by atoms with Crippen molar-refractivity contribution in [2.45, 2.75) is 161 Å². The number of hydrogen-bond acceptors (Lipinski definition) is 1. The lowest BCUT2D eigenvalue weighted by atomic mass is 10.0. The third-order valence-electron chi connectivity index (χ3n) is 6.18. The smallest absolute Gasteiger partial charge is 0.0841 e. The molecule has 0 spiro atoms. The summed E-state index contributed by atoms with van der Waals surface area (Å²) in [5, 5.41) is 0. The first kappa shape index (κ1) is 24.0. The van der Waals surface area contributed by atoms with E-state index in [2.05, 4.69) is 13.8 Å². The third kappa shape index (κ3) is 15.1. The van der Waals surface area contributed by atoms with Gasteiger partial charge >= 0.3 is 0 Å². The molecule has 1 heteroatoms.